The molecule has 3 atom stereocenters. The highest BCUT2D eigenvalue weighted by Crippen LogP contribution is 2.36. The third kappa shape index (κ3) is 7.14. The molecule has 234 valence electrons. The number of hydrogen-bond acceptors (Lipinski definition) is 6. The SMILES string of the molecule is COc1cccc2[nH]c(C(=O)N[C@@H](CC3CCCCC3)C(=O)NC(CO)CC3CC4(CCN(C(C)=O)CC4)NC3=O)cc12. The molecule has 4 amide bonds. The largest absolute Gasteiger partial charge is 0.496 e. The molecule has 1 aliphatic carbocycles. The van der Waals surface area contributed by atoms with Crippen molar-refractivity contribution in [1.82, 2.24) is 25.8 Å². The lowest BCUT2D eigenvalue weighted by Crippen LogP contribution is -2.51. The lowest BCUT2D eigenvalue weighted by Gasteiger charge is -2.39. The predicted molar refractivity (Wildman–Crippen MR) is 161 cm³/mol. The molecule has 11 heteroatoms. The van der Waals surface area contributed by atoms with Crippen molar-refractivity contribution in [2.24, 2.45) is 11.8 Å². The van der Waals surface area contributed by atoms with Crippen molar-refractivity contribution >= 4 is 34.5 Å². The third-order valence-electron chi connectivity index (χ3n) is 9.70. The molecule has 2 unspecified atom stereocenters. The van der Waals surface area contributed by atoms with Gasteiger partial charge in [-0.3, -0.25) is 19.2 Å². The van der Waals surface area contributed by atoms with Gasteiger partial charge in [-0.05, 0) is 56.2 Å². The number of piperidine rings is 1. The number of benzene rings is 1. The first-order valence-electron chi connectivity index (χ1n) is 15.7. The van der Waals surface area contributed by atoms with Gasteiger partial charge >= 0.3 is 0 Å². The van der Waals surface area contributed by atoms with Gasteiger partial charge in [0.05, 0.1) is 19.8 Å². The standard InChI is InChI=1S/C32H45N5O6/c1-20(39)37-13-11-32(12-14-37)18-22(29(40)36-32)16-23(19-38)33-30(41)26(15-21-7-4-3-5-8-21)35-31(42)27-17-24-25(34-27)9-6-10-28(24)43-2/h6,9-10,17,21-23,26,34,38H,3-5,7-8,11-16,18-19H2,1-2H3,(H,33,41)(H,35,42)(H,36,40)/t22?,23?,26-/m0/s1. The Kier molecular flexibility index (Phi) is 9.59. The van der Waals surface area contributed by atoms with E-state index in [0.717, 1.165) is 36.6 Å². The summed E-state index contributed by atoms with van der Waals surface area (Å²) in [6, 6.07) is 5.85. The summed E-state index contributed by atoms with van der Waals surface area (Å²) in [5, 5.41) is 20.1. The van der Waals surface area contributed by atoms with Gasteiger partial charge in [-0.1, -0.05) is 38.2 Å². The fraction of sp³-hybridized carbons (Fsp3) is 0.625. The van der Waals surface area contributed by atoms with E-state index in [1.807, 2.05) is 18.2 Å². The van der Waals surface area contributed by atoms with E-state index in [4.69, 9.17) is 4.74 Å². The summed E-state index contributed by atoms with van der Waals surface area (Å²) in [6.07, 6.45) is 8.23. The van der Waals surface area contributed by atoms with E-state index in [-0.39, 0.29) is 41.7 Å². The smallest absolute Gasteiger partial charge is 0.268 e. The van der Waals surface area contributed by atoms with Crippen LogP contribution in [0.15, 0.2) is 24.3 Å². The molecule has 2 saturated heterocycles. The Morgan fingerprint density at radius 3 is 2.53 bits per heavy atom. The van der Waals surface area contributed by atoms with Crippen LogP contribution in [0.5, 0.6) is 5.75 Å². The van der Waals surface area contributed by atoms with Gasteiger partial charge < -0.3 is 35.7 Å². The number of ether oxygens (including phenoxy) is 1. The van der Waals surface area contributed by atoms with Crippen LogP contribution >= 0.6 is 0 Å². The molecule has 0 bridgehead atoms. The molecule has 2 aromatic rings. The second kappa shape index (κ2) is 13.4. The number of aromatic nitrogens is 1. The first kappa shape index (κ1) is 30.8. The van der Waals surface area contributed by atoms with E-state index >= 15 is 0 Å². The number of carbonyl (C=O) groups excluding carboxylic acids is 4. The van der Waals surface area contributed by atoms with Gasteiger partial charge in [0.2, 0.25) is 17.7 Å². The number of carbonyl (C=O) groups is 4. The summed E-state index contributed by atoms with van der Waals surface area (Å²) in [5.74, 6) is -0.158. The molecular formula is C32H45N5O6. The number of H-pyrrole nitrogens is 1. The van der Waals surface area contributed by atoms with Crippen molar-refractivity contribution in [3.63, 3.8) is 0 Å². The van der Waals surface area contributed by atoms with Gasteiger partial charge in [0.15, 0.2) is 0 Å². The minimum atomic E-state index is -0.780. The second-order valence-electron chi connectivity index (χ2n) is 12.7. The molecule has 11 nitrogen and oxygen atoms in total. The normalized spacial score (nSPS) is 21.8. The van der Waals surface area contributed by atoms with Gasteiger partial charge in [0, 0.05) is 42.4 Å². The Hall–Kier alpha value is -3.60. The Bertz CT molecular complexity index is 1330. The van der Waals surface area contributed by atoms with Crippen LogP contribution in [0.4, 0.5) is 0 Å². The second-order valence-corrected chi connectivity index (χ2v) is 12.7. The van der Waals surface area contributed by atoms with E-state index in [1.54, 1.807) is 25.0 Å². The fourth-order valence-corrected chi connectivity index (χ4v) is 7.22. The van der Waals surface area contributed by atoms with Crippen molar-refractivity contribution in [2.45, 2.75) is 88.8 Å². The average Bonchev–Trinajstić information content (AvgIpc) is 3.57. The zero-order valence-electron chi connectivity index (χ0n) is 25.2. The van der Waals surface area contributed by atoms with Crippen LogP contribution in [-0.4, -0.2) is 83.0 Å². The predicted octanol–water partition coefficient (Wildman–Crippen LogP) is 2.63. The minimum Gasteiger partial charge on any atom is -0.496 e. The van der Waals surface area contributed by atoms with E-state index in [2.05, 4.69) is 20.9 Å². The van der Waals surface area contributed by atoms with Crippen molar-refractivity contribution in [2.75, 3.05) is 26.8 Å². The molecule has 43 heavy (non-hydrogen) atoms. The van der Waals surface area contributed by atoms with Gasteiger partial charge in [-0.25, -0.2) is 0 Å². The van der Waals surface area contributed by atoms with Gasteiger partial charge in [-0.2, -0.15) is 0 Å². The summed E-state index contributed by atoms with van der Waals surface area (Å²) >= 11 is 0. The van der Waals surface area contributed by atoms with Crippen molar-refractivity contribution in [3.05, 3.63) is 30.0 Å². The van der Waals surface area contributed by atoms with Crippen molar-refractivity contribution < 1.29 is 29.0 Å². The first-order chi connectivity index (χ1) is 20.7. The molecule has 3 aliphatic rings. The summed E-state index contributed by atoms with van der Waals surface area (Å²) in [6.45, 7) is 2.46. The summed E-state index contributed by atoms with van der Waals surface area (Å²) in [5.41, 5.74) is 0.749. The van der Waals surface area contributed by atoms with E-state index in [0.29, 0.717) is 62.6 Å². The number of nitrogens with zero attached hydrogens (tertiary/aromatic N) is 1. The van der Waals surface area contributed by atoms with Crippen molar-refractivity contribution in [1.29, 1.82) is 0 Å². The Balaban J connectivity index is 1.24. The maximum absolute atomic E-state index is 13.7. The Morgan fingerprint density at radius 1 is 1.12 bits per heavy atom. The molecule has 2 aliphatic heterocycles. The highest BCUT2D eigenvalue weighted by atomic mass is 16.5. The van der Waals surface area contributed by atoms with Gasteiger partial charge in [-0.15, -0.1) is 0 Å². The monoisotopic (exact) mass is 595 g/mol. The first-order valence-corrected chi connectivity index (χ1v) is 15.7. The minimum absolute atomic E-state index is 0.0397. The number of fused-ring (bicyclic) bond motifs is 1. The maximum atomic E-state index is 13.7. The molecule has 0 radical (unpaired) electrons. The lowest BCUT2D eigenvalue weighted by atomic mass is 9.82. The fourth-order valence-electron chi connectivity index (χ4n) is 7.22. The number of aromatic amines is 1. The number of aliphatic hydroxyl groups is 1. The molecule has 1 aromatic heterocycles. The van der Waals surface area contributed by atoms with E-state index in [1.165, 1.54) is 6.42 Å². The highest BCUT2D eigenvalue weighted by molar-refractivity contribution is 6.01. The molecule has 1 spiro atoms. The zero-order valence-corrected chi connectivity index (χ0v) is 25.2. The number of likely N-dealkylation sites (tertiary alicyclic amines) is 1. The molecule has 1 aromatic carbocycles. The quantitative estimate of drug-likeness (QED) is 0.285. The zero-order chi connectivity index (χ0) is 30.6. The molecule has 3 fully saturated rings. The van der Waals surface area contributed by atoms with Crippen LogP contribution in [-0.2, 0) is 14.4 Å². The van der Waals surface area contributed by atoms with Crippen LogP contribution < -0.4 is 20.7 Å². The number of methoxy groups -OCH3 is 1. The van der Waals surface area contributed by atoms with Crippen molar-refractivity contribution in [3.8, 4) is 5.75 Å². The Labute approximate surface area is 252 Å². The lowest BCUT2D eigenvalue weighted by molar-refractivity contribution is -0.130. The highest BCUT2D eigenvalue weighted by Gasteiger charge is 2.46. The number of amides is 4. The number of aliphatic hydroxyl groups excluding tert-OH is 1. The summed E-state index contributed by atoms with van der Waals surface area (Å²) in [4.78, 5) is 56.7. The van der Waals surface area contributed by atoms with Crippen LogP contribution in [0.1, 0.15) is 81.6 Å². The van der Waals surface area contributed by atoms with Crippen LogP contribution in [0, 0.1) is 11.8 Å². The number of rotatable bonds is 10. The third-order valence-corrected chi connectivity index (χ3v) is 9.70. The van der Waals surface area contributed by atoms with Gasteiger partial charge in [0.25, 0.3) is 5.91 Å². The maximum Gasteiger partial charge on any atom is 0.268 e. The molecule has 5 N–H and O–H groups in total. The Morgan fingerprint density at radius 2 is 1.86 bits per heavy atom. The van der Waals surface area contributed by atoms with Crippen LogP contribution in [0.2, 0.25) is 0 Å². The number of hydrogen-bond donors (Lipinski definition) is 5. The van der Waals surface area contributed by atoms with Crippen LogP contribution in [0.3, 0.4) is 0 Å². The summed E-state index contributed by atoms with van der Waals surface area (Å²) < 4.78 is 5.43. The molecule has 5 rings (SSSR count). The van der Waals surface area contributed by atoms with E-state index < -0.39 is 12.1 Å². The molecule has 3 heterocycles. The number of nitrogens with one attached hydrogen (secondary N) is 4. The molecule has 1 saturated carbocycles. The average molecular weight is 596 g/mol. The van der Waals surface area contributed by atoms with E-state index in [9.17, 15) is 24.3 Å². The van der Waals surface area contributed by atoms with Crippen LogP contribution in [0.25, 0.3) is 10.9 Å². The molecular weight excluding hydrogens is 550 g/mol. The van der Waals surface area contributed by atoms with Gasteiger partial charge in [0.1, 0.15) is 17.5 Å². The topological polar surface area (TPSA) is 153 Å². The summed E-state index contributed by atoms with van der Waals surface area (Å²) in [7, 11) is 1.58.